The predicted molar refractivity (Wildman–Crippen MR) is 71.7 cm³/mol. The Bertz CT molecular complexity index is 623. The number of hydrogen-bond acceptors (Lipinski definition) is 5. The van der Waals surface area contributed by atoms with Crippen molar-refractivity contribution in [3.63, 3.8) is 0 Å². The maximum absolute atomic E-state index is 11.8. The minimum Gasteiger partial charge on any atom is -0.485 e. The van der Waals surface area contributed by atoms with Crippen molar-refractivity contribution in [2.24, 2.45) is 0 Å². The lowest BCUT2D eigenvalue weighted by Crippen LogP contribution is -2.09. The van der Waals surface area contributed by atoms with Crippen LogP contribution in [0.3, 0.4) is 0 Å². The summed E-state index contributed by atoms with van der Waals surface area (Å²) in [5.41, 5.74) is 0. The van der Waals surface area contributed by atoms with Gasteiger partial charge in [-0.05, 0) is 24.3 Å². The van der Waals surface area contributed by atoms with Crippen LogP contribution in [0, 0.1) is 0 Å². The Morgan fingerprint density at radius 1 is 1.26 bits per heavy atom. The number of fused-ring (bicyclic) bond motifs is 1. The van der Waals surface area contributed by atoms with Crippen molar-refractivity contribution >= 4 is 28.7 Å². The van der Waals surface area contributed by atoms with Gasteiger partial charge < -0.3 is 14.2 Å². The van der Waals surface area contributed by atoms with Crippen LogP contribution < -0.4 is 14.2 Å². The van der Waals surface area contributed by atoms with E-state index in [1.165, 1.54) is 11.3 Å². The number of thiophene rings is 1. The Hall–Kier alpha value is -1.72. The molecular weight excluding hydrogens is 288 g/mol. The van der Waals surface area contributed by atoms with Crippen molar-refractivity contribution in [1.82, 2.24) is 0 Å². The SMILES string of the molecule is O=C(COc1ccc2c(c1)OCO2)c1ccc(Cl)s1. The van der Waals surface area contributed by atoms with Crippen LogP contribution in [-0.4, -0.2) is 19.2 Å². The molecule has 1 aromatic heterocycles. The van der Waals surface area contributed by atoms with Gasteiger partial charge in [-0.2, -0.15) is 0 Å². The minimum atomic E-state index is -0.102. The van der Waals surface area contributed by atoms with E-state index in [2.05, 4.69) is 0 Å². The van der Waals surface area contributed by atoms with E-state index in [1.807, 2.05) is 0 Å². The molecule has 1 aliphatic heterocycles. The summed E-state index contributed by atoms with van der Waals surface area (Å²) in [6.07, 6.45) is 0. The van der Waals surface area contributed by atoms with E-state index >= 15 is 0 Å². The standard InChI is InChI=1S/C13H9ClO4S/c14-13-4-3-12(19-13)9(15)6-16-8-1-2-10-11(5-8)18-7-17-10/h1-5H,6-7H2. The van der Waals surface area contributed by atoms with Crippen LogP contribution in [0.1, 0.15) is 9.67 Å². The van der Waals surface area contributed by atoms with Gasteiger partial charge in [-0.25, -0.2) is 0 Å². The lowest BCUT2D eigenvalue weighted by molar-refractivity contribution is 0.0925. The number of ether oxygens (including phenoxy) is 3. The van der Waals surface area contributed by atoms with Crippen LogP contribution in [0.15, 0.2) is 30.3 Å². The first-order chi connectivity index (χ1) is 9.22. The van der Waals surface area contributed by atoms with E-state index in [9.17, 15) is 4.79 Å². The molecule has 98 valence electrons. The quantitative estimate of drug-likeness (QED) is 0.811. The largest absolute Gasteiger partial charge is 0.485 e. The van der Waals surface area contributed by atoms with Gasteiger partial charge in [-0.15, -0.1) is 11.3 Å². The molecule has 0 spiro atoms. The molecular formula is C13H9ClO4S. The van der Waals surface area contributed by atoms with Crippen molar-refractivity contribution < 1.29 is 19.0 Å². The predicted octanol–water partition coefficient (Wildman–Crippen LogP) is 3.39. The molecule has 0 fully saturated rings. The maximum Gasteiger partial charge on any atom is 0.231 e. The molecule has 2 heterocycles. The molecule has 0 saturated heterocycles. The average molecular weight is 297 g/mol. The fraction of sp³-hybridized carbons (Fsp3) is 0.154. The highest BCUT2D eigenvalue weighted by Crippen LogP contribution is 2.35. The molecule has 0 bridgehead atoms. The third-order valence-electron chi connectivity index (χ3n) is 2.56. The van der Waals surface area contributed by atoms with E-state index in [4.69, 9.17) is 25.8 Å². The molecule has 0 amide bonds. The molecule has 0 atom stereocenters. The summed E-state index contributed by atoms with van der Waals surface area (Å²) in [7, 11) is 0. The molecule has 19 heavy (non-hydrogen) atoms. The van der Waals surface area contributed by atoms with Crippen molar-refractivity contribution in [2.45, 2.75) is 0 Å². The van der Waals surface area contributed by atoms with Crippen LogP contribution in [0.25, 0.3) is 0 Å². The van der Waals surface area contributed by atoms with Crippen LogP contribution in [-0.2, 0) is 0 Å². The van der Waals surface area contributed by atoms with Gasteiger partial charge in [0.05, 0.1) is 9.21 Å². The van der Waals surface area contributed by atoms with Gasteiger partial charge in [0, 0.05) is 6.07 Å². The molecule has 1 aromatic carbocycles. The fourth-order valence-electron chi connectivity index (χ4n) is 1.65. The summed E-state index contributed by atoms with van der Waals surface area (Å²) in [6.45, 7) is 0.182. The number of halogens is 1. The lowest BCUT2D eigenvalue weighted by Gasteiger charge is -2.05. The van der Waals surface area contributed by atoms with Crippen molar-refractivity contribution in [3.05, 3.63) is 39.5 Å². The smallest absolute Gasteiger partial charge is 0.231 e. The molecule has 0 saturated carbocycles. The summed E-state index contributed by atoms with van der Waals surface area (Å²) in [4.78, 5) is 12.4. The Labute approximate surface area is 118 Å². The molecule has 6 heteroatoms. The highest BCUT2D eigenvalue weighted by molar-refractivity contribution is 7.18. The average Bonchev–Trinajstić information content (AvgIpc) is 3.03. The first-order valence-corrected chi connectivity index (χ1v) is 6.73. The highest BCUT2D eigenvalue weighted by Gasteiger charge is 2.15. The zero-order valence-electron chi connectivity index (χ0n) is 9.72. The molecule has 4 nitrogen and oxygen atoms in total. The van der Waals surface area contributed by atoms with E-state index in [0.29, 0.717) is 26.5 Å². The number of rotatable bonds is 4. The molecule has 3 rings (SSSR count). The second-order valence-electron chi connectivity index (χ2n) is 3.83. The first-order valence-electron chi connectivity index (χ1n) is 5.53. The van der Waals surface area contributed by atoms with Crippen LogP contribution >= 0.6 is 22.9 Å². The van der Waals surface area contributed by atoms with Gasteiger partial charge in [0.15, 0.2) is 18.1 Å². The number of carbonyl (C=O) groups is 1. The molecule has 0 unspecified atom stereocenters. The normalized spacial score (nSPS) is 12.5. The summed E-state index contributed by atoms with van der Waals surface area (Å²) in [5.74, 6) is 1.78. The summed E-state index contributed by atoms with van der Waals surface area (Å²) < 4.78 is 16.4. The number of carbonyl (C=O) groups excluding carboxylic acids is 1. The third-order valence-corrected chi connectivity index (χ3v) is 3.83. The van der Waals surface area contributed by atoms with E-state index in [0.717, 1.165) is 0 Å². The second kappa shape index (κ2) is 5.11. The van der Waals surface area contributed by atoms with Crippen molar-refractivity contribution in [1.29, 1.82) is 0 Å². The van der Waals surface area contributed by atoms with Crippen LogP contribution in [0.2, 0.25) is 4.34 Å². The van der Waals surface area contributed by atoms with Gasteiger partial charge in [-0.3, -0.25) is 4.79 Å². The zero-order chi connectivity index (χ0) is 13.2. The minimum absolute atomic E-state index is 0.0313. The van der Waals surface area contributed by atoms with Gasteiger partial charge >= 0.3 is 0 Å². The third kappa shape index (κ3) is 2.67. The Kier molecular flexibility index (Phi) is 3.31. The van der Waals surface area contributed by atoms with E-state index < -0.39 is 0 Å². The van der Waals surface area contributed by atoms with Gasteiger partial charge in [0.25, 0.3) is 0 Å². The van der Waals surface area contributed by atoms with Gasteiger partial charge in [-0.1, -0.05) is 11.6 Å². The molecule has 0 radical (unpaired) electrons. The van der Waals surface area contributed by atoms with E-state index in [1.54, 1.807) is 30.3 Å². The van der Waals surface area contributed by atoms with Crippen LogP contribution in [0.5, 0.6) is 17.2 Å². The number of Topliss-reactive ketones (excluding diaryl/α,β-unsaturated/α-hetero) is 1. The zero-order valence-corrected chi connectivity index (χ0v) is 11.3. The number of benzene rings is 1. The summed E-state index contributed by atoms with van der Waals surface area (Å²) in [5, 5.41) is 0. The van der Waals surface area contributed by atoms with Crippen LogP contribution in [0.4, 0.5) is 0 Å². The van der Waals surface area contributed by atoms with E-state index in [-0.39, 0.29) is 19.2 Å². The monoisotopic (exact) mass is 296 g/mol. The van der Waals surface area contributed by atoms with Crippen molar-refractivity contribution in [3.8, 4) is 17.2 Å². The summed E-state index contributed by atoms with van der Waals surface area (Å²) >= 11 is 7.02. The van der Waals surface area contributed by atoms with Crippen molar-refractivity contribution in [2.75, 3.05) is 13.4 Å². The number of hydrogen-bond donors (Lipinski definition) is 0. The lowest BCUT2D eigenvalue weighted by atomic mass is 10.3. The topological polar surface area (TPSA) is 44.8 Å². The van der Waals surface area contributed by atoms with Gasteiger partial charge in [0.1, 0.15) is 5.75 Å². The number of ketones is 1. The molecule has 2 aromatic rings. The Morgan fingerprint density at radius 3 is 2.89 bits per heavy atom. The summed E-state index contributed by atoms with van der Waals surface area (Å²) in [6, 6.07) is 8.59. The maximum atomic E-state index is 11.8. The highest BCUT2D eigenvalue weighted by atomic mass is 35.5. The molecule has 0 N–H and O–H groups in total. The Morgan fingerprint density at radius 2 is 2.11 bits per heavy atom. The molecule has 0 aliphatic carbocycles. The Balaban J connectivity index is 1.64. The fourth-order valence-corrected chi connectivity index (χ4v) is 2.62. The van der Waals surface area contributed by atoms with Gasteiger partial charge in [0.2, 0.25) is 12.6 Å². The molecule has 1 aliphatic rings. The second-order valence-corrected chi connectivity index (χ2v) is 5.55. The first kappa shape index (κ1) is 12.3.